The highest BCUT2D eigenvalue weighted by Crippen LogP contribution is 2.36. The summed E-state index contributed by atoms with van der Waals surface area (Å²) < 4.78 is 11.8. The maximum Gasteiger partial charge on any atom is 0.283 e. The molecule has 0 aliphatic carbocycles. The third-order valence-electron chi connectivity index (χ3n) is 2.43. The Morgan fingerprint density at radius 2 is 2.33 bits per heavy atom. The van der Waals surface area contributed by atoms with Gasteiger partial charge in [0.1, 0.15) is 0 Å². The molecule has 0 saturated heterocycles. The van der Waals surface area contributed by atoms with E-state index in [-0.39, 0.29) is 0 Å². The number of methoxy groups -OCH3 is 1. The van der Waals surface area contributed by atoms with E-state index in [1.54, 1.807) is 13.3 Å². The number of halogens is 1. The first kappa shape index (κ1) is 15.2. The summed E-state index contributed by atoms with van der Waals surface area (Å²) in [6.45, 7) is 2.67. The number of tetrazole rings is 1. The topological polar surface area (TPSA) is 97.3 Å². The molecular formula is C12H15BrN6O2. The molecule has 8 nitrogen and oxygen atoms in total. The molecule has 112 valence electrons. The van der Waals surface area contributed by atoms with Gasteiger partial charge in [0.2, 0.25) is 0 Å². The van der Waals surface area contributed by atoms with Crippen LogP contribution in [-0.4, -0.2) is 40.6 Å². The number of hydrogen-bond donors (Lipinski definition) is 2. The summed E-state index contributed by atoms with van der Waals surface area (Å²) in [5, 5.41) is 17.2. The summed E-state index contributed by atoms with van der Waals surface area (Å²) in [6, 6.07) is 3.71. The minimum atomic E-state index is 0.292. The number of ether oxygens (including phenoxy) is 2. The van der Waals surface area contributed by atoms with Crippen molar-refractivity contribution in [2.24, 2.45) is 5.10 Å². The second-order valence-electron chi connectivity index (χ2n) is 3.99. The van der Waals surface area contributed by atoms with Crippen molar-refractivity contribution in [1.29, 1.82) is 0 Å². The maximum absolute atomic E-state index is 5.66. The molecule has 0 unspecified atom stereocenters. The SMILES string of the molecule is CCCOc1c(Br)cc(C=NNc2nn[nH]n2)cc1OC. The fraction of sp³-hybridized carbons (Fsp3) is 0.333. The van der Waals surface area contributed by atoms with E-state index in [9.17, 15) is 0 Å². The Morgan fingerprint density at radius 1 is 1.48 bits per heavy atom. The van der Waals surface area contributed by atoms with Gasteiger partial charge in [0.25, 0.3) is 5.95 Å². The smallest absolute Gasteiger partial charge is 0.283 e. The first-order chi connectivity index (χ1) is 10.2. The fourth-order valence-corrected chi connectivity index (χ4v) is 2.11. The Labute approximate surface area is 130 Å². The lowest BCUT2D eigenvalue weighted by Crippen LogP contribution is -2.00. The molecule has 0 aliphatic rings. The van der Waals surface area contributed by atoms with Crippen LogP contribution in [0.15, 0.2) is 21.7 Å². The molecule has 2 aromatic rings. The van der Waals surface area contributed by atoms with E-state index in [2.05, 4.69) is 47.1 Å². The monoisotopic (exact) mass is 354 g/mol. The number of H-pyrrole nitrogens is 1. The van der Waals surface area contributed by atoms with Gasteiger partial charge in [0.05, 0.1) is 24.4 Å². The predicted octanol–water partition coefficient (Wildman–Crippen LogP) is 2.21. The van der Waals surface area contributed by atoms with Crippen LogP contribution in [0.1, 0.15) is 18.9 Å². The van der Waals surface area contributed by atoms with Crippen LogP contribution in [-0.2, 0) is 0 Å². The number of hydrogen-bond acceptors (Lipinski definition) is 7. The lowest BCUT2D eigenvalue weighted by molar-refractivity contribution is 0.292. The minimum Gasteiger partial charge on any atom is -0.493 e. The summed E-state index contributed by atoms with van der Waals surface area (Å²) in [6.07, 6.45) is 2.54. The summed E-state index contributed by atoms with van der Waals surface area (Å²) in [7, 11) is 1.60. The summed E-state index contributed by atoms with van der Waals surface area (Å²) in [5.41, 5.74) is 3.48. The molecular weight excluding hydrogens is 340 g/mol. The van der Waals surface area contributed by atoms with Crippen molar-refractivity contribution >= 4 is 28.1 Å². The van der Waals surface area contributed by atoms with E-state index in [1.807, 2.05) is 19.1 Å². The van der Waals surface area contributed by atoms with Gasteiger partial charge in [-0.05, 0) is 45.3 Å². The average Bonchev–Trinajstić information content (AvgIpc) is 2.99. The molecule has 0 radical (unpaired) electrons. The molecule has 0 spiro atoms. The highest BCUT2D eigenvalue weighted by atomic mass is 79.9. The molecule has 2 N–H and O–H groups in total. The normalized spacial score (nSPS) is 10.8. The number of benzene rings is 1. The van der Waals surface area contributed by atoms with E-state index in [1.165, 1.54) is 0 Å². The largest absolute Gasteiger partial charge is 0.493 e. The lowest BCUT2D eigenvalue weighted by Gasteiger charge is -2.12. The van der Waals surface area contributed by atoms with Gasteiger partial charge >= 0.3 is 0 Å². The first-order valence-corrected chi connectivity index (χ1v) is 7.06. The first-order valence-electron chi connectivity index (χ1n) is 6.27. The maximum atomic E-state index is 5.66. The Morgan fingerprint density at radius 3 is 3.00 bits per heavy atom. The van der Waals surface area contributed by atoms with Crippen LogP contribution in [0.25, 0.3) is 0 Å². The fourth-order valence-electron chi connectivity index (χ4n) is 1.53. The Balaban J connectivity index is 2.13. The zero-order valence-corrected chi connectivity index (χ0v) is 13.2. The molecule has 9 heteroatoms. The second kappa shape index (κ2) is 7.58. The van der Waals surface area contributed by atoms with Gasteiger partial charge in [-0.15, -0.1) is 5.10 Å². The van der Waals surface area contributed by atoms with Crippen molar-refractivity contribution in [2.75, 3.05) is 19.1 Å². The number of aromatic nitrogens is 4. The zero-order chi connectivity index (χ0) is 15.1. The van der Waals surface area contributed by atoms with Crippen LogP contribution in [0.4, 0.5) is 5.95 Å². The molecule has 0 aliphatic heterocycles. The van der Waals surface area contributed by atoms with E-state index in [4.69, 9.17) is 9.47 Å². The van der Waals surface area contributed by atoms with Crippen molar-refractivity contribution in [2.45, 2.75) is 13.3 Å². The van der Waals surface area contributed by atoms with Crippen molar-refractivity contribution in [3.8, 4) is 11.5 Å². The van der Waals surface area contributed by atoms with E-state index in [0.29, 0.717) is 24.1 Å². The van der Waals surface area contributed by atoms with Crippen molar-refractivity contribution < 1.29 is 9.47 Å². The highest BCUT2D eigenvalue weighted by molar-refractivity contribution is 9.10. The van der Waals surface area contributed by atoms with Crippen molar-refractivity contribution in [1.82, 2.24) is 20.6 Å². The quantitative estimate of drug-likeness (QED) is 0.584. The molecule has 1 aromatic carbocycles. The average molecular weight is 355 g/mol. The van der Waals surface area contributed by atoms with E-state index in [0.717, 1.165) is 16.5 Å². The van der Waals surface area contributed by atoms with Crippen LogP contribution in [0, 0.1) is 0 Å². The lowest BCUT2D eigenvalue weighted by atomic mass is 10.2. The standard InChI is InChI=1S/C12H15BrN6O2/c1-3-4-21-11-9(13)5-8(6-10(11)20-2)7-14-15-12-16-18-19-17-12/h5-7H,3-4H2,1-2H3,(H2,15,16,17,18,19). The van der Waals surface area contributed by atoms with Crippen LogP contribution in [0.3, 0.4) is 0 Å². The minimum absolute atomic E-state index is 0.292. The van der Waals surface area contributed by atoms with Gasteiger partial charge in [0.15, 0.2) is 11.5 Å². The van der Waals surface area contributed by atoms with Gasteiger partial charge in [-0.25, -0.2) is 5.43 Å². The molecule has 2 rings (SSSR count). The Hall–Kier alpha value is -2.16. The highest BCUT2D eigenvalue weighted by Gasteiger charge is 2.10. The Kier molecular flexibility index (Phi) is 5.50. The molecule has 0 atom stereocenters. The second-order valence-corrected chi connectivity index (χ2v) is 4.84. The molecule has 21 heavy (non-hydrogen) atoms. The molecule has 1 aromatic heterocycles. The van der Waals surface area contributed by atoms with E-state index >= 15 is 0 Å². The molecule has 0 fully saturated rings. The summed E-state index contributed by atoms with van der Waals surface area (Å²) >= 11 is 3.47. The summed E-state index contributed by atoms with van der Waals surface area (Å²) in [4.78, 5) is 0. The number of anilines is 1. The van der Waals surface area contributed by atoms with Gasteiger partial charge in [-0.2, -0.15) is 10.3 Å². The van der Waals surface area contributed by atoms with Crippen LogP contribution < -0.4 is 14.9 Å². The zero-order valence-electron chi connectivity index (χ0n) is 11.6. The van der Waals surface area contributed by atoms with Crippen molar-refractivity contribution in [3.63, 3.8) is 0 Å². The Bertz CT molecular complexity index is 602. The molecule has 0 saturated carbocycles. The molecule has 0 bridgehead atoms. The van der Waals surface area contributed by atoms with E-state index < -0.39 is 0 Å². The van der Waals surface area contributed by atoms with Gasteiger partial charge < -0.3 is 9.47 Å². The van der Waals surface area contributed by atoms with Gasteiger partial charge in [-0.3, -0.25) is 0 Å². The van der Waals surface area contributed by atoms with Gasteiger partial charge in [-0.1, -0.05) is 12.0 Å². The number of hydrazone groups is 1. The van der Waals surface area contributed by atoms with Gasteiger partial charge in [0, 0.05) is 0 Å². The molecule has 1 heterocycles. The predicted molar refractivity (Wildman–Crippen MR) is 81.9 cm³/mol. The van der Waals surface area contributed by atoms with Crippen LogP contribution in [0.5, 0.6) is 11.5 Å². The van der Waals surface area contributed by atoms with Crippen LogP contribution in [0.2, 0.25) is 0 Å². The number of nitrogens with zero attached hydrogens (tertiary/aromatic N) is 4. The number of rotatable bonds is 7. The van der Waals surface area contributed by atoms with Crippen molar-refractivity contribution in [3.05, 3.63) is 22.2 Å². The number of aromatic amines is 1. The summed E-state index contributed by atoms with van der Waals surface area (Å²) in [5.74, 6) is 1.61. The number of nitrogens with one attached hydrogen (secondary N) is 2. The van der Waals surface area contributed by atoms with Crippen LogP contribution >= 0.6 is 15.9 Å². The third kappa shape index (κ3) is 4.15. The molecule has 0 amide bonds. The third-order valence-corrected chi connectivity index (χ3v) is 3.01.